The standard InChI is InChI=1S/C18H10F4N6O/c1-27-7-10-8-5-11(19)15(18(20,21)22)24-16(8)28(17(29)14(10)26-27)13-4-2-3-12-9(13)6-23-25-12/h2-7H,1H3,(H,23,25)/i1D3. The maximum Gasteiger partial charge on any atom is 0.436 e. The quantitative estimate of drug-likeness (QED) is 0.434. The van der Waals surface area contributed by atoms with E-state index in [-0.39, 0.29) is 22.0 Å². The highest BCUT2D eigenvalue weighted by atomic mass is 19.4. The van der Waals surface area contributed by atoms with Gasteiger partial charge in [0.25, 0.3) is 5.56 Å². The number of halogens is 4. The number of aromatic nitrogens is 6. The molecule has 146 valence electrons. The smallest absolute Gasteiger partial charge is 0.278 e. The predicted octanol–water partition coefficient (Wildman–Crippen LogP) is 3.31. The predicted molar refractivity (Wildman–Crippen MR) is 96.2 cm³/mol. The number of fused-ring (bicyclic) bond motifs is 4. The van der Waals surface area contributed by atoms with Crippen molar-refractivity contribution in [2.24, 2.45) is 6.98 Å². The number of aryl methyl sites for hydroxylation is 1. The number of aromatic amines is 1. The topological polar surface area (TPSA) is 81.4 Å². The maximum absolute atomic E-state index is 14.4. The summed E-state index contributed by atoms with van der Waals surface area (Å²) in [6.07, 6.45) is -2.80. The lowest BCUT2D eigenvalue weighted by molar-refractivity contribution is -0.143. The fraction of sp³-hybridized carbons (Fsp3) is 0.111. The third-order valence-corrected chi connectivity index (χ3v) is 4.55. The molecule has 0 aliphatic rings. The van der Waals surface area contributed by atoms with E-state index >= 15 is 0 Å². The summed E-state index contributed by atoms with van der Waals surface area (Å²) in [6.45, 7) is -2.77. The van der Waals surface area contributed by atoms with Gasteiger partial charge in [0.15, 0.2) is 17.0 Å². The largest absolute Gasteiger partial charge is 0.436 e. The summed E-state index contributed by atoms with van der Waals surface area (Å²) >= 11 is 0. The van der Waals surface area contributed by atoms with Crippen molar-refractivity contribution in [3.05, 3.63) is 58.5 Å². The second kappa shape index (κ2) is 5.63. The molecule has 0 saturated carbocycles. The number of nitrogens with one attached hydrogen (secondary N) is 1. The first-order chi connectivity index (χ1) is 15.0. The average Bonchev–Trinajstić information content (AvgIpc) is 3.35. The molecule has 11 heteroatoms. The number of H-pyrrole nitrogens is 1. The van der Waals surface area contributed by atoms with E-state index in [2.05, 4.69) is 20.3 Å². The lowest BCUT2D eigenvalue weighted by atomic mass is 10.1. The molecule has 7 nitrogen and oxygen atoms in total. The Bertz CT molecular complexity index is 1600. The number of benzene rings is 1. The summed E-state index contributed by atoms with van der Waals surface area (Å²) in [4.78, 5) is 16.8. The van der Waals surface area contributed by atoms with Crippen molar-refractivity contribution in [3.63, 3.8) is 0 Å². The van der Waals surface area contributed by atoms with Crippen LogP contribution in [0, 0.1) is 5.82 Å². The highest BCUT2D eigenvalue weighted by molar-refractivity contribution is 6.04. The van der Waals surface area contributed by atoms with E-state index in [4.69, 9.17) is 4.11 Å². The van der Waals surface area contributed by atoms with Gasteiger partial charge in [-0.1, -0.05) is 6.07 Å². The van der Waals surface area contributed by atoms with Crippen LogP contribution >= 0.6 is 0 Å². The van der Waals surface area contributed by atoms with Crippen LogP contribution in [0.15, 0.2) is 41.5 Å². The zero-order valence-corrected chi connectivity index (χ0v) is 14.1. The molecule has 0 saturated heterocycles. The van der Waals surface area contributed by atoms with Gasteiger partial charge in [0.1, 0.15) is 5.65 Å². The zero-order valence-electron chi connectivity index (χ0n) is 17.1. The molecule has 0 bridgehead atoms. The van der Waals surface area contributed by atoms with Gasteiger partial charge in [0, 0.05) is 33.4 Å². The van der Waals surface area contributed by atoms with Gasteiger partial charge in [-0.05, 0) is 18.2 Å². The third-order valence-electron chi connectivity index (χ3n) is 4.55. The highest BCUT2D eigenvalue weighted by Crippen LogP contribution is 2.34. The molecule has 5 rings (SSSR count). The Balaban J connectivity index is 2.02. The first-order valence-electron chi connectivity index (χ1n) is 9.61. The van der Waals surface area contributed by atoms with Crippen molar-refractivity contribution in [1.82, 2.24) is 29.5 Å². The maximum atomic E-state index is 14.4. The molecule has 4 aromatic heterocycles. The summed E-state index contributed by atoms with van der Waals surface area (Å²) in [5, 5.41) is 10.4. The minimum Gasteiger partial charge on any atom is -0.278 e. The summed E-state index contributed by atoms with van der Waals surface area (Å²) < 4.78 is 78.5. The van der Waals surface area contributed by atoms with Crippen LogP contribution in [-0.2, 0) is 13.2 Å². The molecule has 0 spiro atoms. The van der Waals surface area contributed by atoms with Gasteiger partial charge in [0.2, 0.25) is 0 Å². The van der Waals surface area contributed by atoms with Crippen LogP contribution in [-0.4, -0.2) is 29.5 Å². The van der Waals surface area contributed by atoms with Crippen molar-refractivity contribution in [2.75, 3.05) is 0 Å². The Morgan fingerprint density at radius 3 is 2.79 bits per heavy atom. The third kappa shape index (κ3) is 2.43. The molecule has 5 aromatic rings. The molecule has 1 aromatic carbocycles. The van der Waals surface area contributed by atoms with Crippen LogP contribution in [0.1, 0.15) is 9.81 Å². The summed E-state index contributed by atoms with van der Waals surface area (Å²) in [5.41, 5.74) is -3.00. The summed E-state index contributed by atoms with van der Waals surface area (Å²) in [7, 11) is 0. The van der Waals surface area contributed by atoms with E-state index < -0.39 is 35.9 Å². The Hall–Kier alpha value is -3.76. The number of hydrogen-bond donors (Lipinski definition) is 1. The van der Waals surface area contributed by atoms with Crippen LogP contribution in [0.3, 0.4) is 0 Å². The Labute approximate surface area is 162 Å². The van der Waals surface area contributed by atoms with E-state index in [1.54, 1.807) is 6.07 Å². The number of nitrogens with zero attached hydrogens (tertiary/aromatic N) is 5. The van der Waals surface area contributed by atoms with Gasteiger partial charge in [-0.15, -0.1) is 0 Å². The van der Waals surface area contributed by atoms with E-state index in [0.29, 0.717) is 21.7 Å². The molecule has 29 heavy (non-hydrogen) atoms. The minimum absolute atomic E-state index is 0.115. The zero-order chi connectivity index (χ0) is 23.0. The van der Waals surface area contributed by atoms with Gasteiger partial charge in [-0.25, -0.2) is 9.37 Å². The Kier molecular flexibility index (Phi) is 2.77. The number of pyridine rings is 2. The average molecular weight is 405 g/mol. The fourth-order valence-corrected chi connectivity index (χ4v) is 3.35. The van der Waals surface area contributed by atoms with Gasteiger partial charge >= 0.3 is 6.18 Å². The molecule has 0 atom stereocenters. The van der Waals surface area contributed by atoms with Gasteiger partial charge in [0.05, 0.1) is 17.4 Å². The van der Waals surface area contributed by atoms with Crippen molar-refractivity contribution in [2.45, 2.75) is 6.18 Å². The molecule has 0 radical (unpaired) electrons. The highest BCUT2D eigenvalue weighted by Gasteiger charge is 2.37. The molecule has 1 N–H and O–H groups in total. The first-order valence-corrected chi connectivity index (χ1v) is 8.11. The number of rotatable bonds is 1. The summed E-state index contributed by atoms with van der Waals surface area (Å²) in [6, 6.07) is 5.19. The van der Waals surface area contributed by atoms with Crippen LogP contribution in [0.5, 0.6) is 0 Å². The fourth-order valence-electron chi connectivity index (χ4n) is 3.35. The monoisotopic (exact) mass is 405 g/mol. The van der Waals surface area contributed by atoms with Crippen molar-refractivity contribution >= 4 is 32.8 Å². The second-order valence-electron chi connectivity index (χ2n) is 6.27. The van der Waals surface area contributed by atoms with E-state index in [1.807, 2.05) is 0 Å². The van der Waals surface area contributed by atoms with Gasteiger partial charge in [-0.2, -0.15) is 23.4 Å². The molecular formula is C18H10F4N6O. The van der Waals surface area contributed by atoms with Gasteiger partial charge in [-0.3, -0.25) is 19.1 Å². The van der Waals surface area contributed by atoms with E-state index in [0.717, 1.165) is 10.8 Å². The van der Waals surface area contributed by atoms with Gasteiger partial charge < -0.3 is 0 Å². The lowest BCUT2D eigenvalue weighted by Crippen LogP contribution is -2.22. The van der Waals surface area contributed by atoms with E-state index in [9.17, 15) is 22.4 Å². The van der Waals surface area contributed by atoms with Crippen LogP contribution in [0.4, 0.5) is 17.6 Å². The lowest BCUT2D eigenvalue weighted by Gasteiger charge is -2.14. The summed E-state index contributed by atoms with van der Waals surface area (Å²) in [5.74, 6) is -1.67. The molecule has 0 aliphatic carbocycles. The number of hydrogen-bond acceptors (Lipinski definition) is 4. The normalized spacial score (nSPS) is 14.4. The molecule has 0 amide bonds. The van der Waals surface area contributed by atoms with E-state index in [1.165, 1.54) is 18.3 Å². The minimum atomic E-state index is -5.13. The molecule has 0 aliphatic heterocycles. The SMILES string of the molecule is [2H]C([2H])([2H])n1cc2c(n1)c(=O)n(-c1cccc3[nH]ncc13)c1nc(C(F)(F)F)c(F)cc21. The van der Waals surface area contributed by atoms with Crippen LogP contribution < -0.4 is 5.56 Å². The van der Waals surface area contributed by atoms with Crippen LogP contribution in [0.2, 0.25) is 0 Å². The van der Waals surface area contributed by atoms with Crippen molar-refractivity contribution in [3.8, 4) is 5.69 Å². The molecule has 0 unspecified atom stereocenters. The van der Waals surface area contributed by atoms with Crippen molar-refractivity contribution in [1.29, 1.82) is 0 Å². The Morgan fingerprint density at radius 1 is 1.21 bits per heavy atom. The van der Waals surface area contributed by atoms with Crippen LogP contribution in [0.25, 0.3) is 38.5 Å². The molecule has 0 fully saturated rings. The molecular weight excluding hydrogens is 392 g/mol. The number of alkyl halides is 3. The molecule has 4 heterocycles. The Morgan fingerprint density at radius 2 is 2.03 bits per heavy atom. The first kappa shape index (κ1) is 14.3. The van der Waals surface area contributed by atoms with Crippen molar-refractivity contribution < 1.29 is 21.7 Å². The second-order valence-corrected chi connectivity index (χ2v) is 6.27.